The Hall–Kier alpha value is -1.79. The van der Waals surface area contributed by atoms with Gasteiger partial charge in [0.1, 0.15) is 5.82 Å². The van der Waals surface area contributed by atoms with Crippen molar-refractivity contribution < 1.29 is 0 Å². The summed E-state index contributed by atoms with van der Waals surface area (Å²) in [5, 5.41) is 3.32. The normalized spacial score (nSPS) is 10.7. The summed E-state index contributed by atoms with van der Waals surface area (Å²) in [5.41, 5.74) is 3.40. The first kappa shape index (κ1) is 12.7. The minimum Gasteiger partial charge on any atom is -0.317 e. The topological polar surface area (TPSA) is 29.9 Å². The molecule has 0 unspecified atom stereocenters. The number of fused-ring (bicyclic) bond motifs is 1. The van der Waals surface area contributed by atoms with Crippen molar-refractivity contribution in [1.29, 1.82) is 0 Å². The number of hydrogen-bond acceptors (Lipinski definition) is 2. The fourth-order valence-corrected chi connectivity index (χ4v) is 2.13. The lowest BCUT2D eigenvalue weighted by Crippen LogP contribution is -2.18. The highest BCUT2D eigenvalue weighted by atomic mass is 15.1. The van der Waals surface area contributed by atoms with E-state index >= 15 is 0 Å². The van der Waals surface area contributed by atoms with E-state index in [1.807, 2.05) is 0 Å². The van der Waals surface area contributed by atoms with Gasteiger partial charge in [0.15, 0.2) is 0 Å². The van der Waals surface area contributed by atoms with Gasteiger partial charge in [0, 0.05) is 13.0 Å². The number of nitrogens with one attached hydrogen (secondary N) is 1. The van der Waals surface area contributed by atoms with Crippen LogP contribution in [-0.4, -0.2) is 22.6 Å². The monoisotopic (exact) mass is 241 g/mol. The second-order valence-corrected chi connectivity index (χ2v) is 4.41. The van der Waals surface area contributed by atoms with E-state index in [9.17, 15) is 0 Å². The Morgan fingerprint density at radius 2 is 2.28 bits per heavy atom. The number of rotatable bonds is 5. The molecule has 0 saturated heterocycles. The lowest BCUT2D eigenvalue weighted by Gasteiger charge is -2.05. The summed E-state index contributed by atoms with van der Waals surface area (Å²) in [6.45, 7) is 6.69. The van der Waals surface area contributed by atoms with Gasteiger partial charge in [0.25, 0.3) is 0 Å². The second kappa shape index (κ2) is 5.70. The van der Waals surface area contributed by atoms with Crippen LogP contribution in [0, 0.1) is 19.3 Å². The summed E-state index contributed by atoms with van der Waals surface area (Å²) < 4.78 is 2.13. The van der Waals surface area contributed by atoms with Crippen molar-refractivity contribution in [2.75, 3.05) is 13.1 Å². The van der Waals surface area contributed by atoms with E-state index in [0.29, 0.717) is 6.54 Å². The number of likely N-dealkylation sites (N-methyl/N-ethyl adjacent to an activating group) is 1. The van der Waals surface area contributed by atoms with Crippen LogP contribution < -0.4 is 5.32 Å². The number of nitrogens with zero attached hydrogens (tertiary/aromatic N) is 2. The van der Waals surface area contributed by atoms with E-state index in [1.165, 1.54) is 5.56 Å². The fourth-order valence-electron chi connectivity index (χ4n) is 2.13. The maximum absolute atomic E-state index is 5.45. The molecule has 0 radical (unpaired) electrons. The van der Waals surface area contributed by atoms with Gasteiger partial charge >= 0.3 is 0 Å². The maximum Gasteiger partial charge on any atom is 0.111 e. The first-order valence-electron chi connectivity index (χ1n) is 6.36. The molecule has 0 aliphatic carbocycles. The van der Waals surface area contributed by atoms with Crippen LogP contribution in [0.3, 0.4) is 0 Å². The third-order valence-electron chi connectivity index (χ3n) is 3.01. The largest absolute Gasteiger partial charge is 0.317 e. The quantitative estimate of drug-likeness (QED) is 0.642. The zero-order chi connectivity index (χ0) is 13.0. The number of imidazole rings is 1. The van der Waals surface area contributed by atoms with Crippen LogP contribution >= 0.6 is 0 Å². The minimum absolute atomic E-state index is 0.584. The van der Waals surface area contributed by atoms with Gasteiger partial charge < -0.3 is 9.88 Å². The summed E-state index contributed by atoms with van der Waals surface area (Å²) in [4.78, 5) is 4.69. The molecule has 0 bridgehead atoms. The van der Waals surface area contributed by atoms with Crippen molar-refractivity contribution in [3.05, 3.63) is 29.6 Å². The molecule has 1 heterocycles. The zero-order valence-corrected chi connectivity index (χ0v) is 11.0. The molecule has 1 aromatic heterocycles. The predicted molar refractivity (Wildman–Crippen MR) is 75.6 cm³/mol. The van der Waals surface area contributed by atoms with Gasteiger partial charge in [0.05, 0.1) is 17.6 Å². The van der Waals surface area contributed by atoms with E-state index in [4.69, 9.17) is 11.4 Å². The first-order valence-corrected chi connectivity index (χ1v) is 6.36. The highest BCUT2D eigenvalue weighted by molar-refractivity contribution is 5.77. The molecule has 18 heavy (non-hydrogen) atoms. The molecule has 0 amide bonds. The lowest BCUT2D eigenvalue weighted by atomic mass is 10.2. The molecule has 1 N–H and O–H groups in total. The minimum atomic E-state index is 0.584. The summed E-state index contributed by atoms with van der Waals surface area (Å²) in [6.07, 6.45) is 6.36. The molecule has 3 nitrogen and oxygen atoms in total. The molecule has 94 valence electrons. The van der Waals surface area contributed by atoms with Gasteiger partial charge in [-0.3, -0.25) is 0 Å². The number of aromatic nitrogens is 2. The van der Waals surface area contributed by atoms with E-state index in [2.05, 4.69) is 47.9 Å². The molecule has 0 atom stereocenters. The van der Waals surface area contributed by atoms with Crippen molar-refractivity contribution in [2.45, 2.75) is 26.8 Å². The average Bonchev–Trinajstić information content (AvgIpc) is 2.68. The number of hydrogen-bond donors (Lipinski definition) is 1. The van der Waals surface area contributed by atoms with Crippen molar-refractivity contribution in [1.82, 2.24) is 14.9 Å². The van der Waals surface area contributed by atoms with Gasteiger partial charge in [-0.15, -0.1) is 6.42 Å². The maximum atomic E-state index is 5.45. The summed E-state index contributed by atoms with van der Waals surface area (Å²) >= 11 is 0. The van der Waals surface area contributed by atoms with Crippen LogP contribution in [0.15, 0.2) is 18.2 Å². The van der Waals surface area contributed by atoms with Crippen LogP contribution in [0.5, 0.6) is 0 Å². The molecular formula is C15H19N3. The molecule has 0 spiro atoms. The number of aryl methyl sites for hydroxylation is 1. The summed E-state index contributed by atoms with van der Waals surface area (Å²) in [6, 6.07) is 6.32. The molecule has 2 rings (SSSR count). The molecule has 0 saturated carbocycles. The van der Waals surface area contributed by atoms with Gasteiger partial charge in [0.2, 0.25) is 0 Å². The van der Waals surface area contributed by atoms with Gasteiger partial charge in [-0.1, -0.05) is 18.9 Å². The Balaban J connectivity index is 2.38. The van der Waals surface area contributed by atoms with Crippen molar-refractivity contribution in [2.24, 2.45) is 0 Å². The Bertz CT molecular complexity index is 575. The molecule has 3 heteroatoms. The smallest absolute Gasteiger partial charge is 0.111 e. The SMILES string of the molecule is C#CCn1c(CCNCC)nc2cc(C)ccc21. The average molecular weight is 241 g/mol. The van der Waals surface area contributed by atoms with Crippen molar-refractivity contribution >= 4 is 11.0 Å². The first-order chi connectivity index (χ1) is 8.76. The second-order valence-electron chi connectivity index (χ2n) is 4.41. The summed E-state index contributed by atoms with van der Waals surface area (Å²) in [5.74, 6) is 3.77. The molecule has 1 aromatic carbocycles. The standard InChI is InChI=1S/C15H19N3/c1-4-10-18-14-7-6-12(3)11-13(14)17-15(18)8-9-16-5-2/h1,6-7,11,16H,5,8-10H2,2-3H3. The van der Waals surface area contributed by atoms with Gasteiger partial charge in [-0.25, -0.2) is 4.98 Å². The van der Waals surface area contributed by atoms with E-state index in [1.54, 1.807) is 0 Å². The van der Waals surface area contributed by atoms with Crippen LogP contribution in [0.1, 0.15) is 18.3 Å². The van der Waals surface area contributed by atoms with Crippen molar-refractivity contribution in [3.8, 4) is 12.3 Å². The number of benzene rings is 1. The highest BCUT2D eigenvalue weighted by Gasteiger charge is 2.09. The lowest BCUT2D eigenvalue weighted by molar-refractivity contribution is 0.671. The highest BCUT2D eigenvalue weighted by Crippen LogP contribution is 2.18. The van der Waals surface area contributed by atoms with Gasteiger partial charge in [-0.2, -0.15) is 0 Å². The van der Waals surface area contributed by atoms with E-state index < -0.39 is 0 Å². The third-order valence-corrected chi connectivity index (χ3v) is 3.01. The van der Waals surface area contributed by atoms with E-state index in [-0.39, 0.29) is 0 Å². The van der Waals surface area contributed by atoms with E-state index in [0.717, 1.165) is 36.4 Å². The summed E-state index contributed by atoms with van der Waals surface area (Å²) in [7, 11) is 0. The third kappa shape index (κ3) is 2.55. The molecular weight excluding hydrogens is 222 g/mol. The molecule has 0 aliphatic rings. The van der Waals surface area contributed by atoms with Crippen LogP contribution in [0.25, 0.3) is 11.0 Å². The Morgan fingerprint density at radius 3 is 3.00 bits per heavy atom. The Labute approximate surface area is 108 Å². The molecule has 0 aliphatic heterocycles. The van der Waals surface area contributed by atoms with Gasteiger partial charge in [-0.05, 0) is 31.2 Å². The van der Waals surface area contributed by atoms with Crippen LogP contribution in [0.2, 0.25) is 0 Å². The fraction of sp³-hybridized carbons (Fsp3) is 0.400. The zero-order valence-electron chi connectivity index (χ0n) is 11.0. The van der Waals surface area contributed by atoms with Crippen LogP contribution in [-0.2, 0) is 13.0 Å². The predicted octanol–water partition coefficient (Wildman–Crippen LogP) is 2.13. The van der Waals surface area contributed by atoms with Crippen molar-refractivity contribution in [3.63, 3.8) is 0 Å². The number of terminal acetylenes is 1. The Morgan fingerprint density at radius 1 is 1.44 bits per heavy atom. The Kier molecular flexibility index (Phi) is 4.01. The molecule has 0 fully saturated rings. The van der Waals surface area contributed by atoms with Crippen LogP contribution in [0.4, 0.5) is 0 Å². The molecule has 2 aromatic rings.